The number of hydrogen-bond acceptors (Lipinski definition) is 2. The van der Waals surface area contributed by atoms with Crippen LogP contribution in [0, 0.1) is 0 Å². The Hall–Kier alpha value is -4.70. The van der Waals surface area contributed by atoms with Gasteiger partial charge in [-0.2, -0.15) is 0 Å². The summed E-state index contributed by atoms with van der Waals surface area (Å²) in [6.45, 7) is 0. The smallest absolute Gasteiger partial charge is 0.335 e. The minimum atomic E-state index is -0.976. The molecular formula is C30H16O4. The Morgan fingerprint density at radius 1 is 0.412 bits per heavy atom. The maximum atomic E-state index is 11.9. The van der Waals surface area contributed by atoms with E-state index >= 15 is 0 Å². The van der Waals surface area contributed by atoms with Gasteiger partial charge in [-0.05, 0) is 89.6 Å². The molecule has 0 amide bonds. The molecule has 0 fully saturated rings. The van der Waals surface area contributed by atoms with E-state index in [1.54, 1.807) is 24.3 Å². The summed E-state index contributed by atoms with van der Waals surface area (Å²) in [6.07, 6.45) is 0. The van der Waals surface area contributed by atoms with Crippen molar-refractivity contribution >= 4 is 55.0 Å². The highest BCUT2D eigenvalue weighted by atomic mass is 16.4. The van der Waals surface area contributed by atoms with E-state index in [4.69, 9.17) is 0 Å². The second-order valence-electron chi connectivity index (χ2n) is 8.72. The van der Waals surface area contributed by atoms with Gasteiger partial charge in [-0.1, -0.05) is 60.7 Å². The molecule has 4 bridgehead atoms. The molecule has 0 unspecified atom stereocenters. The summed E-state index contributed by atoms with van der Waals surface area (Å²) in [5, 5.41) is 27.4. The zero-order valence-electron chi connectivity index (χ0n) is 17.8. The quantitative estimate of drug-likeness (QED) is 0.276. The van der Waals surface area contributed by atoms with E-state index in [0.29, 0.717) is 0 Å². The van der Waals surface area contributed by atoms with Gasteiger partial charge in [0.15, 0.2) is 0 Å². The Morgan fingerprint density at radius 2 is 0.706 bits per heavy atom. The van der Waals surface area contributed by atoms with Crippen molar-refractivity contribution in [3.05, 3.63) is 96.1 Å². The number of carbonyl (C=O) groups is 2. The first-order chi connectivity index (χ1) is 16.5. The molecule has 0 spiro atoms. The van der Waals surface area contributed by atoms with Crippen LogP contribution in [0.15, 0.2) is 84.9 Å². The summed E-state index contributed by atoms with van der Waals surface area (Å²) >= 11 is 0. The van der Waals surface area contributed by atoms with Crippen molar-refractivity contribution in [1.29, 1.82) is 0 Å². The number of benzene rings is 6. The van der Waals surface area contributed by atoms with Gasteiger partial charge in [0.1, 0.15) is 0 Å². The van der Waals surface area contributed by atoms with E-state index in [1.165, 1.54) is 0 Å². The average Bonchev–Trinajstić information content (AvgIpc) is 2.84. The Morgan fingerprint density at radius 3 is 1.03 bits per heavy atom. The summed E-state index contributed by atoms with van der Waals surface area (Å²) in [5.74, 6) is -1.95. The predicted octanol–water partition coefficient (Wildman–Crippen LogP) is 7.34. The van der Waals surface area contributed by atoms with Crippen LogP contribution in [0.2, 0.25) is 0 Å². The fourth-order valence-electron chi connectivity index (χ4n) is 5.70. The minimum absolute atomic E-state index is 0.227. The number of aromatic carboxylic acids is 2. The Labute approximate surface area is 193 Å². The van der Waals surface area contributed by atoms with Crippen LogP contribution in [-0.2, 0) is 0 Å². The number of carboxylic acid groups (broad SMARTS) is 2. The SMILES string of the molecule is O=C(O)c1ccc2c3c4ccccc4c(c2c1)-c1c2ccccc2c-3c2ccc(C(=O)O)cc12. The highest BCUT2D eigenvalue weighted by molar-refractivity contribution is 6.36. The van der Waals surface area contributed by atoms with Crippen molar-refractivity contribution in [1.82, 2.24) is 0 Å². The van der Waals surface area contributed by atoms with Crippen molar-refractivity contribution in [2.75, 3.05) is 0 Å². The zero-order valence-corrected chi connectivity index (χ0v) is 17.8. The first-order valence-electron chi connectivity index (χ1n) is 11.0. The third-order valence-electron chi connectivity index (χ3n) is 7.04. The maximum Gasteiger partial charge on any atom is 0.335 e. The molecule has 10 rings (SSSR count). The molecule has 6 aromatic carbocycles. The minimum Gasteiger partial charge on any atom is -0.478 e. The molecule has 4 heteroatoms. The van der Waals surface area contributed by atoms with Crippen molar-refractivity contribution in [2.24, 2.45) is 0 Å². The topological polar surface area (TPSA) is 74.6 Å². The van der Waals surface area contributed by atoms with Gasteiger partial charge in [-0.15, -0.1) is 0 Å². The van der Waals surface area contributed by atoms with E-state index < -0.39 is 11.9 Å². The highest BCUT2D eigenvalue weighted by Crippen LogP contribution is 2.54. The highest BCUT2D eigenvalue weighted by Gasteiger charge is 2.28. The van der Waals surface area contributed by atoms with Crippen LogP contribution in [0.3, 0.4) is 0 Å². The molecule has 4 nitrogen and oxygen atoms in total. The molecule has 2 N–H and O–H groups in total. The average molecular weight is 440 g/mol. The lowest BCUT2D eigenvalue weighted by atomic mass is 9.75. The molecule has 0 aliphatic heterocycles. The molecule has 0 saturated carbocycles. The van der Waals surface area contributed by atoms with Crippen LogP contribution in [0.5, 0.6) is 0 Å². The van der Waals surface area contributed by atoms with Gasteiger partial charge < -0.3 is 10.2 Å². The summed E-state index contributed by atoms with van der Waals surface area (Å²) in [4.78, 5) is 23.8. The Kier molecular flexibility index (Phi) is 3.56. The second-order valence-corrected chi connectivity index (χ2v) is 8.72. The van der Waals surface area contributed by atoms with Gasteiger partial charge in [0, 0.05) is 0 Å². The van der Waals surface area contributed by atoms with E-state index in [9.17, 15) is 19.8 Å². The Bertz CT molecular complexity index is 1770. The summed E-state index contributed by atoms with van der Waals surface area (Å²) in [6, 6.07) is 27.0. The third-order valence-corrected chi connectivity index (χ3v) is 7.04. The van der Waals surface area contributed by atoms with E-state index in [2.05, 4.69) is 24.3 Å². The normalized spacial score (nSPS) is 12.0. The first kappa shape index (κ1) is 18.8. The molecular weight excluding hydrogens is 424 g/mol. The molecule has 0 heterocycles. The van der Waals surface area contributed by atoms with Crippen LogP contribution in [0.4, 0.5) is 0 Å². The molecule has 160 valence electrons. The van der Waals surface area contributed by atoms with Crippen molar-refractivity contribution in [3.8, 4) is 22.3 Å². The maximum absolute atomic E-state index is 11.9. The molecule has 6 aromatic rings. The lowest BCUT2D eigenvalue weighted by Gasteiger charge is -2.27. The van der Waals surface area contributed by atoms with Crippen LogP contribution < -0.4 is 0 Å². The van der Waals surface area contributed by atoms with E-state index in [0.717, 1.165) is 65.3 Å². The zero-order chi connectivity index (χ0) is 23.1. The van der Waals surface area contributed by atoms with E-state index in [-0.39, 0.29) is 11.1 Å². The fraction of sp³-hybridized carbons (Fsp3) is 0. The molecule has 0 atom stereocenters. The number of hydrogen-bond donors (Lipinski definition) is 2. The fourth-order valence-corrected chi connectivity index (χ4v) is 5.70. The third kappa shape index (κ3) is 2.27. The largest absolute Gasteiger partial charge is 0.478 e. The van der Waals surface area contributed by atoms with Crippen molar-refractivity contribution in [2.45, 2.75) is 0 Å². The lowest BCUT2D eigenvalue weighted by Crippen LogP contribution is -2.02. The molecule has 0 saturated heterocycles. The Balaban J connectivity index is 1.87. The van der Waals surface area contributed by atoms with Crippen LogP contribution in [0.25, 0.3) is 65.3 Å². The molecule has 34 heavy (non-hydrogen) atoms. The molecule has 0 aromatic heterocycles. The van der Waals surface area contributed by atoms with Crippen LogP contribution >= 0.6 is 0 Å². The number of carboxylic acids is 2. The van der Waals surface area contributed by atoms with Gasteiger partial charge in [0.05, 0.1) is 11.1 Å². The predicted molar refractivity (Wildman–Crippen MR) is 135 cm³/mol. The van der Waals surface area contributed by atoms with Gasteiger partial charge >= 0.3 is 11.9 Å². The summed E-state index contributed by atoms with van der Waals surface area (Å²) < 4.78 is 0. The molecule has 0 radical (unpaired) electrons. The van der Waals surface area contributed by atoms with Gasteiger partial charge in [0.2, 0.25) is 0 Å². The molecule has 4 aliphatic carbocycles. The van der Waals surface area contributed by atoms with Gasteiger partial charge in [-0.25, -0.2) is 9.59 Å². The lowest BCUT2D eigenvalue weighted by molar-refractivity contribution is 0.0686. The standard InChI is InChI=1S/C30H16O4/c31-29(32)15-9-11-21-23(13-15)27-19-7-3-1-5-17(19)25(21)26-18-6-2-4-8-20(18)28(27)24-14-16(30(33)34)10-12-22(24)26/h1-14H,(H,31,32)(H,33,34). The monoisotopic (exact) mass is 440 g/mol. The summed E-state index contributed by atoms with van der Waals surface area (Å²) in [5.41, 5.74) is 4.41. The van der Waals surface area contributed by atoms with Gasteiger partial charge in [0.25, 0.3) is 0 Å². The van der Waals surface area contributed by atoms with E-state index in [1.807, 2.05) is 36.4 Å². The number of rotatable bonds is 2. The van der Waals surface area contributed by atoms with Crippen LogP contribution in [0.1, 0.15) is 20.7 Å². The second kappa shape index (κ2) is 6.42. The van der Waals surface area contributed by atoms with Crippen molar-refractivity contribution < 1.29 is 19.8 Å². The van der Waals surface area contributed by atoms with Gasteiger partial charge in [-0.3, -0.25) is 0 Å². The molecule has 4 aliphatic rings. The van der Waals surface area contributed by atoms with Crippen LogP contribution in [-0.4, -0.2) is 22.2 Å². The van der Waals surface area contributed by atoms with Crippen molar-refractivity contribution in [3.63, 3.8) is 0 Å². The summed E-state index contributed by atoms with van der Waals surface area (Å²) in [7, 11) is 0. The first-order valence-corrected chi connectivity index (χ1v) is 11.0.